The van der Waals surface area contributed by atoms with Gasteiger partial charge in [0.1, 0.15) is 16.6 Å². The van der Waals surface area contributed by atoms with E-state index in [1.165, 1.54) is 12.8 Å². The molecule has 1 aromatic carbocycles. The van der Waals surface area contributed by atoms with Gasteiger partial charge in [0.05, 0.1) is 10.8 Å². The lowest BCUT2D eigenvalue weighted by Gasteiger charge is -2.20. The van der Waals surface area contributed by atoms with Crippen molar-refractivity contribution in [2.24, 2.45) is 0 Å². The second kappa shape index (κ2) is 5.41. The maximum atomic E-state index is 12.1. The van der Waals surface area contributed by atoms with Crippen molar-refractivity contribution in [3.8, 4) is 0 Å². The molecule has 0 aliphatic heterocycles. The third-order valence-corrected chi connectivity index (χ3v) is 5.60. The van der Waals surface area contributed by atoms with Crippen LogP contribution in [0, 0.1) is 0 Å². The Labute approximate surface area is 128 Å². The predicted octanol–water partition coefficient (Wildman–Crippen LogP) is 4.11. The van der Waals surface area contributed by atoms with Crippen molar-refractivity contribution >= 4 is 28.4 Å². The number of rotatable bonds is 3. The summed E-state index contributed by atoms with van der Waals surface area (Å²) < 4.78 is 0. The largest absolute Gasteiger partial charge is 0.298 e. The van der Waals surface area contributed by atoms with Crippen LogP contribution in [0.1, 0.15) is 50.3 Å². The Bertz CT molecular complexity index is 696. The fraction of sp³-hybridized carbons (Fsp3) is 0.471. The Morgan fingerprint density at radius 2 is 1.90 bits per heavy atom. The average Bonchev–Trinajstić information content (AvgIpc) is 3.34. The minimum atomic E-state index is 0.0871. The maximum absolute atomic E-state index is 12.1. The molecule has 0 saturated heterocycles. The van der Waals surface area contributed by atoms with Gasteiger partial charge in [-0.25, -0.2) is 9.97 Å². The van der Waals surface area contributed by atoms with E-state index in [-0.39, 0.29) is 5.25 Å². The highest BCUT2D eigenvalue weighted by Gasteiger charge is 2.29. The van der Waals surface area contributed by atoms with E-state index in [2.05, 4.69) is 12.1 Å². The lowest BCUT2D eigenvalue weighted by molar-refractivity contribution is -0.119. The quantitative estimate of drug-likeness (QED) is 0.800. The van der Waals surface area contributed by atoms with E-state index in [4.69, 9.17) is 9.97 Å². The predicted molar refractivity (Wildman–Crippen MR) is 84.6 cm³/mol. The van der Waals surface area contributed by atoms with Gasteiger partial charge >= 0.3 is 0 Å². The van der Waals surface area contributed by atoms with E-state index >= 15 is 0 Å². The highest BCUT2D eigenvalue weighted by Crippen LogP contribution is 2.41. The van der Waals surface area contributed by atoms with Gasteiger partial charge in [-0.05, 0) is 31.7 Å². The normalized spacial score (nSPS) is 22.7. The Balaban J connectivity index is 1.73. The first-order valence-electron chi connectivity index (χ1n) is 7.77. The van der Waals surface area contributed by atoms with Gasteiger partial charge in [-0.1, -0.05) is 36.4 Å². The monoisotopic (exact) mass is 298 g/mol. The van der Waals surface area contributed by atoms with Crippen LogP contribution in [0.2, 0.25) is 0 Å². The van der Waals surface area contributed by atoms with E-state index in [1.807, 2.05) is 12.1 Å². The minimum Gasteiger partial charge on any atom is -0.298 e. The summed E-state index contributed by atoms with van der Waals surface area (Å²) in [6.45, 7) is 0. The Kier molecular flexibility index (Phi) is 3.42. The molecule has 2 saturated carbocycles. The fourth-order valence-electron chi connectivity index (χ4n) is 2.89. The second-order valence-corrected chi connectivity index (χ2v) is 7.19. The molecule has 108 valence electrons. The third-order valence-electron chi connectivity index (χ3n) is 4.28. The standard InChI is InChI=1S/C17H18N2OS/c20-14-7-3-4-8-15(14)21-17-12-5-1-2-6-13(12)18-16(19-17)11-9-10-11/h1-2,5-6,11,15H,3-4,7-10H2/t15-/m1/s1. The van der Waals surface area contributed by atoms with Crippen LogP contribution in [-0.2, 0) is 4.79 Å². The van der Waals surface area contributed by atoms with E-state index < -0.39 is 0 Å². The molecule has 0 radical (unpaired) electrons. The van der Waals surface area contributed by atoms with Crippen LogP contribution >= 0.6 is 11.8 Å². The van der Waals surface area contributed by atoms with E-state index in [1.54, 1.807) is 11.8 Å². The molecule has 0 N–H and O–H groups in total. The molecule has 2 fully saturated rings. The van der Waals surface area contributed by atoms with Gasteiger partial charge in [-0.2, -0.15) is 0 Å². The summed E-state index contributed by atoms with van der Waals surface area (Å²) in [5.41, 5.74) is 1.01. The molecule has 1 atom stereocenters. The molecular formula is C17H18N2OS. The van der Waals surface area contributed by atoms with Gasteiger partial charge in [0.2, 0.25) is 0 Å². The van der Waals surface area contributed by atoms with Crippen molar-refractivity contribution in [3.63, 3.8) is 0 Å². The first kappa shape index (κ1) is 13.3. The highest BCUT2D eigenvalue weighted by molar-refractivity contribution is 8.00. The summed E-state index contributed by atoms with van der Waals surface area (Å²) in [6.07, 6.45) is 6.32. The first-order chi connectivity index (χ1) is 10.3. The number of carbonyl (C=O) groups is 1. The SMILES string of the molecule is O=C1CCCC[C@H]1Sc1nc(C2CC2)nc2ccccc12. The van der Waals surface area contributed by atoms with Crippen LogP contribution in [0.25, 0.3) is 10.9 Å². The molecule has 1 heterocycles. The summed E-state index contributed by atoms with van der Waals surface area (Å²) in [4.78, 5) is 21.6. The summed E-state index contributed by atoms with van der Waals surface area (Å²) >= 11 is 1.66. The van der Waals surface area contributed by atoms with Crippen molar-refractivity contribution in [1.29, 1.82) is 0 Å². The zero-order valence-electron chi connectivity index (χ0n) is 11.9. The van der Waals surface area contributed by atoms with Crippen molar-refractivity contribution < 1.29 is 4.79 Å². The molecule has 4 heteroatoms. The lowest BCUT2D eigenvalue weighted by Crippen LogP contribution is -2.21. The summed E-state index contributed by atoms with van der Waals surface area (Å²) in [7, 11) is 0. The molecule has 2 aliphatic carbocycles. The number of hydrogen-bond donors (Lipinski definition) is 0. The first-order valence-corrected chi connectivity index (χ1v) is 8.65. The van der Waals surface area contributed by atoms with E-state index in [0.29, 0.717) is 11.7 Å². The van der Waals surface area contributed by atoms with Gasteiger partial charge < -0.3 is 0 Å². The average molecular weight is 298 g/mol. The van der Waals surface area contributed by atoms with Crippen molar-refractivity contribution in [3.05, 3.63) is 30.1 Å². The molecule has 2 aromatic rings. The van der Waals surface area contributed by atoms with Crippen molar-refractivity contribution in [2.45, 2.75) is 54.7 Å². The highest BCUT2D eigenvalue weighted by atomic mass is 32.2. The third kappa shape index (κ3) is 2.69. The molecule has 4 rings (SSSR count). The molecule has 1 aromatic heterocycles. The van der Waals surface area contributed by atoms with Gasteiger partial charge in [0.15, 0.2) is 0 Å². The second-order valence-electron chi connectivity index (χ2n) is 6.00. The van der Waals surface area contributed by atoms with Crippen molar-refractivity contribution in [1.82, 2.24) is 9.97 Å². The number of hydrogen-bond acceptors (Lipinski definition) is 4. The Morgan fingerprint density at radius 1 is 1.05 bits per heavy atom. The van der Waals surface area contributed by atoms with Gasteiger partial charge in [0.25, 0.3) is 0 Å². The van der Waals surface area contributed by atoms with E-state index in [0.717, 1.165) is 47.4 Å². The lowest BCUT2D eigenvalue weighted by atomic mass is 9.99. The fourth-order valence-corrected chi connectivity index (χ4v) is 4.14. The zero-order valence-corrected chi connectivity index (χ0v) is 12.7. The number of ketones is 1. The van der Waals surface area contributed by atoms with Gasteiger partial charge in [0, 0.05) is 17.7 Å². The smallest absolute Gasteiger partial charge is 0.146 e. The van der Waals surface area contributed by atoms with Crippen LogP contribution in [0.15, 0.2) is 29.3 Å². The van der Waals surface area contributed by atoms with Crippen LogP contribution in [0.3, 0.4) is 0 Å². The number of Topliss-reactive ketones (excluding diaryl/α,β-unsaturated/α-hetero) is 1. The molecule has 2 aliphatic rings. The molecule has 3 nitrogen and oxygen atoms in total. The molecular weight excluding hydrogens is 280 g/mol. The minimum absolute atomic E-state index is 0.0871. The number of fused-ring (bicyclic) bond motifs is 1. The number of benzene rings is 1. The van der Waals surface area contributed by atoms with Gasteiger partial charge in [-0.3, -0.25) is 4.79 Å². The van der Waals surface area contributed by atoms with E-state index in [9.17, 15) is 4.79 Å². The number of para-hydroxylation sites is 1. The van der Waals surface area contributed by atoms with Crippen molar-refractivity contribution in [2.75, 3.05) is 0 Å². The number of nitrogens with zero attached hydrogens (tertiary/aromatic N) is 2. The Morgan fingerprint density at radius 3 is 2.71 bits per heavy atom. The molecule has 0 bridgehead atoms. The maximum Gasteiger partial charge on any atom is 0.146 e. The zero-order chi connectivity index (χ0) is 14.2. The molecule has 0 amide bonds. The topological polar surface area (TPSA) is 42.9 Å². The van der Waals surface area contributed by atoms with Crippen LogP contribution in [-0.4, -0.2) is 21.0 Å². The molecule has 0 spiro atoms. The van der Waals surface area contributed by atoms with Gasteiger partial charge in [-0.15, -0.1) is 0 Å². The summed E-state index contributed by atoms with van der Waals surface area (Å²) in [5, 5.41) is 2.18. The number of carbonyl (C=O) groups excluding carboxylic acids is 1. The van der Waals surface area contributed by atoms with Crippen LogP contribution in [0.5, 0.6) is 0 Å². The summed E-state index contributed by atoms with van der Waals surface area (Å²) in [5.74, 6) is 1.90. The number of aromatic nitrogens is 2. The molecule has 21 heavy (non-hydrogen) atoms. The van der Waals surface area contributed by atoms with Crippen LogP contribution < -0.4 is 0 Å². The summed E-state index contributed by atoms with van der Waals surface area (Å²) in [6, 6.07) is 8.17. The number of thioether (sulfide) groups is 1. The Hall–Kier alpha value is -1.42. The molecule has 0 unspecified atom stereocenters. The van der Waals surface area contributed by atoms with Crippen LogP contribution in [0.4, 0.5) is 0 Å².